The first-order chi connectivity index (χ1) is 11.8. The molecule has 2 rings (SSSR count). The van der Waals surface area contributed by atoms with Gasteiger partial charge in [-0.05, 0) is 23.9 Å². The van der Waals surface area contributed by atoms with Crippen LogP contribution in [0.2, 0.25) is 10.0 Å². The minimum Gasteiger partial charge on any atom is -0.411 e. The van der Waals surface area contributed by atoms with E-state index in [2.05, 4.69) is 10.3 Å². The van der Waals surface area contributed by atoms with Crippen LogP contribution < -0.4 is 5.73 Å². The topological polar surface area (TPSA) is 76.4 Å². The van der Waals surface area contributed by atoms with E-state index < -0.39 is 55.5 Å². The van der Waals surface area contributed by atoms with Crippen LogP contribution in [0.5, 0.6) is 0 Å². The largest absolute Gasteiger partial charge is 0.446 e. The first-order valence-electron chi connectivity index (χ1n) is 6.23. The first kappa shape index (κ1) is 20.5. The summed E-state index contributed by atoms with van der Waals surface area (Å²) in [5, 5.41) is 13.7. The van der Waals surface area contributed by atoms with E-state index in [1.54, 1.807) is 0 Å². The quantitative estimate of drug-likeness (QED) is 0.227. The van der Waals surface area contributed by atoms with Gasteiger partial charge in [-0.2, -0.15) is 31.4 Å². The molecular formula is C12H6Cl2F6N4OS. The van der Waals surface area contributed by atoms with Gasteiger partial charge in [0.05, 0.1) is 26.7 Å². The Morgan fingerprint density at radius 3 is 2.12 bits per heavy atom. The third-order valence-electron chi connectivity index (χ3n) is 2.86. The number of nitrogens with two attached hydrogens (primary N) is 1. The van der Waals surface area contributed by atoms with Gasteiger partial charge in [0.25, 0.3) is 0 Å². The highest BCUT2D eigenvalue weighted by Gasteiger charge is 2.35. The number of hydrogen-bond acceptors (Lipinski definition) is 5. The van der Waals surface area contributed by atoms with E-state index in [9.17, 15) is 26.3 Å². The minimum absolute atomic E-state index is 0.361. The SMILES string of the molecule is Nc1c(SC(F)(F)F)c(C=NO)nn1-c1c(Cl)cc(C(F)(F)F)cc1Cl. The number of oxime groups is 1. The number of aromatic nitrogens is 2. The fourth-order valence-electron chi connectivity index (χ4n) is 1.90. The minimum atomic E-state index is -4.76. The summed E-state index contributed by atoms with van der Waals surface area (Å²) in [6.07, 6.45) is -4.17. The van der Waals surface area contributed by atoms with E-state index in [1.807, 2.05) is 0 Å². The molecule has 0 aliphatic heterocycles. The summed E-state index contributed by atoms with van der Waals surface area (Å²) in [5.74, 6) is -0.606. The number of thioether (sulfide) groups is 1. The molecule has 0 bridgehead atoms. The van der Waals surface area contributed by atoms with Crippen LogP contribution in [0, 0.1) is 0 Å². The molecule has 0 aliphatic carbocycles. The second-order valence-electron chi connectivity index (χ2n) is 4.59. The van der Waals surface area contributed by atoms with E-state index in [0.29, 0.717) is 23.0 Å². The van der Waals surface area contributed by atoms with Crippen LogP contribution in [0.3, 0.4) is 0 Å². The van der Waals surface area contributed by atoms with Crippen molar-refractivity contribution >= 4 is 47.0 Å². The summed E-state index contributed by atoms with van der Waals surface area (Å²) < 4.78 is 77.0. The maximum Gasteiger partial charge on any atom is 0.446 e. The molecule has 3 N–H and O–H groups in total. The third kappa shape index (κ3) is 4.30. The van der Waals surface area contributed by atoms with Gasteiger partial charge in [0, 0.05) is 0 Å². The van der Waals surface area contributed by atoms with Crippen molar-refractivity contribution in [3.8, 4) is 5.69 Å². The average Bonchev–Trinajstić information content (AvgIpc) is 2.74. The van der Waals surface area contributed by atoms with E-state index >= 15 is 0 Å². The number of rotatable bonds is 3. The summed E-state index contributed by atoms with van der Waals surface area (Å²) in [5.41, 5.74) is -1.13. The van der Waals surface area contributed by atoms with Crippen LogP contribution in [-0.2, 0) is 6.18 Å². The lowest BCUT2D eigenvalue weighted by Gasteiger charge is -2.13. The maximum absolute atomic E-state index is 12.8. The predicted octanol–water partition coefficient (Wildman–Crippen LogP) is 5.20. The normalized spacial score (nSPS) is 12.9. The Kier molecular flexibility index (Phi) is 5.59. The van der Waals surface area contributed by atoms with Crippen molar-refractivity contribution in [2.75, 3.05) is 5.73 Å². The van der Waals surface area contributed by atoms with Gasteiger partial charge >= 0.3 is 11.7 Å². The van der Waals surface area contributed by atoms with Gasteiger partial charge in [-0.3, -0.25) is 0 Å². The molecule has 0 saturated heterocycles. The first-order valence-corrected chi connectivity index (χ1v) is 7.80. The van der Waals surface area contributed by atoms with Crippen LogP contribution >= 0.6 is 35.0 Å². The number of benzene rings is 1. The molecule has 0 radical (unpaired) electrons. The number of nitrogens with zero attached hydrogens (tertiary/aromatic N) is 3. The highest BCUT2D eigenvalue weighted by atomic mass is 35.5. The fourth-order valence-corrected chi connectivity index (χ4v) is 3.16. The Morgan fingerprint density at radius 2 is 1.69 bits per heavy atom. The highest BCUT2D eigenvalue weighted by Crippen LogP contribution is 2.44. The molecule has 5 nitrogen and oxygen atoms in total. The molecule has 0 unspecified atom stereocenters. The average molecular weight is 439 g/mol. The van der Waals surface area contributed by atoms with Crippen molar-refractivity contribution < 1.29 is 31.5 Å². The van der Waals surface area contributed by atoms with Crippen molar-refractivity contribution in [2.24, 2.45) is 5.16 Å². The monoisotopic (exact) mass is 438 g/mol. The molecule has 0 atom stereocenters. The molecular weight excluding hydrogens is 433 g/mol. The molecule has 142 valence electrons. The highest BCUT2D eigenvalue weighted by molar-refractivity contribution is 8.00. The van der Waals surface area contributed by atoms with E-state index in [-0.39, 0.29) is 5.69 Å². The number of alkyl halides is 6. The second kappa shape index (κ2) is 7.08. The smallest absolute Gasteiger partial charge is 0.411 e. The summed E-state index contributed by atoms with van der Waals surface area (Å²) in [6.45, 7) is 0. The van der Waals surface area contributed by atoms with Gasteiger partial charge in [-0.25, -0.2) is 4.68 Å². The zero-order valence-corrected chi connectivity index (χ0v) is 14.4. The summed E-state index contributed by atoms with van der Waals surface area (Å²) in [4.78, 5) is -0.637. The molecule has 1 aromatic heterocycles. The van der Waals surface area contributed by atoms with Crippen LogP contribution in [0.25, 0.3) is 5.69 Å². The van der Waals surface area contributed by atoms with Gasteiger partial charge in [0.15, 0.2) is 0 Å². The van der Waals surface area contributed by atoms with Crippen LogP contribution in [0.1, 0.15) is 11.3 Å². The third-order valence-corrected chi connectivity index (χ3v) is 4.29. The molecule has 0 fully saturated rings. The standard InChI is InChI=1S/C12H6Cl2F6N4OS/c13-5-1-4(11(15,16)17)2-6(14)8(5)24-10(21)9(26-12(18,19)20)7(23-24)3-22-25/h1-3,25H,21H2. The summed E-state index contributed by atoms with van der Waals surface area (Å²) in [7, 11) is 0. The lowest BCUT2D eigenvalue weighted by atomic mass is 10.2. The molecule has 0 saturated carbocycles. The Bertz CT molecular complexity index is 842. The maximum atomic E-state index is 12.8. The van der Waals surface area contributed by atoms with E-state index in [0.717, 1.165) is 0 Å². The van der Waals surface area contributed by atoms with Crippen molar-refractivity contribution in [3.05, 3.63) is 33.4 Å². The predicted molar refractivity (Wildman–Crippen MR) is 84.3 cm³/mol. The number of hydrogen-bond donors (Lipinski definition) is 2. The van der Waals surface area contributed by atoms with Crippen LogP contribution in [0.4, 0.5) is 32.2 Å². The van der Waals surface area contributed by atoms with Gasteiger partial charge in [-0.1, -0.05) is 28.4 Å². The summed E-state index contributed by atoms with van der Waals surface area (Å²) >= 11 is 11.0. The van der Waals surface area contributed by atoms with Crippen LogP contribution in [0.15, 0.2) is 22.2 Å². The van der Waals surface area contributed by atoms with Gasteiger partial charge < -0.3 is 10.9 Å². The van der Waals surface area contributed by atoms with Gasteiger partial charge in [-0.15, -0.1) is 0 Å². The van der Waals surface area contributed by atoms with Crippen molar-refractivity contribution in [2.45, 2.75) is 16.6 Å². The summed E-state index contributed by atoms with van der Waals surface area (Å²) in [6, 6.07) is 1.06. The van der Waals surface area contributed by atoms with E-state index in [4.69, 9.17) is 34.1 Å². The lowest BCUT2D eigenvalue weighted by Crippen LogP contribution is -2.09. The Hall–Kier alpha value is -1.79. The van der Waals surface area contributed by atoms with Gasteiger partial charge in [0.1, 0.15) is 17.2 Å². The van der Waals surface area contributed by atoms with E-state index in [1.165, 1.54) is 0 Å². The number of nitrogen functional groups attached to an aromatic ring is 1. The van der Waals surface area contributed by atoms with Gasteiger partial charge in [0.2, 0.25) is 0 Å². The molecule has 0 aliphatic rings. The lowest BCUT2D eigenvalue weighted by molar-refractivity contribution is -0.137. The number of halogens is 8. The zero-order chi connectivity index (χ0) is 19.9. The van der Waals surface area contributed by atoms with Crippen molar-refractivity contribution in [1.29, 1.82) is 0 Å². The molecule has 1 heterocycles. The zero-order valence-electron chi connectivity index (χ0n) is 12.0. The molecule has 1 aromatic carbocycles. The number of anilines is 1. The Balaban J connectivity index is 2.68. The Labute approximate surface area is 155 Å². The second-order valence-corrected chi connectivity index (χ2v) is 6.48. The fraction of sp³-hybridized carbons (Fsp3) is 0.167. The molecule has 14 heteroatoms. The molecule has 0 amide bonds. The van der Waals surface area contributed by atoms with Crippen molar-refractivity contribution in [1.82, 2.24) is 9.78 Å². The van der Waals surface area contributed by atoms with Crippen LogP contribution in [-0.4, -0.2) is 26.7 Å². The van der Waals surface area contributed by atoms with Crippen molar-refractivity contribution in [3.63, 3.8) is 0 Å². The molecule has 0 spiro atoms. The molecule has 2 aromatic rings. The Morgan fingerprint density at radius 1 is 1.15 bits per heavy atom. The molecule has 26 heavy (non-hydrogen) atoms.